The Morgan fingerprint density at radius 2 is 1.65 bits per heavy atom. The molecule has 2 N–H and O–H groups in total. The van der Waals surface area contributed by atoms with E-state index in [1.54, 1.807) is 6.21 Å². The lowest BCUT2D eigenvalue weighted by molar-refractivity contribution is 0.444. The molecule has 0 aromatic heterocycles. The number of rotatable bonds is 3. The van der Waals surface area contributed by atoms with E-state index in [9.17, 15) is 5.11 Å². The highest BCUT2D eigenvalue weighted by Gasteiger charge is 2.24. The van der Waals surface area contributed by atoms with Gasteiger partial charge >= 0.3 is 0 Å². The summed E-state index contributed by atoms with van der Waals surface area (Å²) in [5, 5.41) is 15.7. The van der Waals surface area contributed by atoms with Gasteiger partial charge in [0.15, 0.2) is 0 Å². The second-order valence-electron chi connectivity index (χ2n) is 8.80. The van der Waals surface area contributed by atoms with Crippen LogP contribution in [0, 0.1) is 6.92 Å². The molecule has 4 heteroatoms. The monoisotopic (exact) mass is 372 g/mol. The molecular weight excluding hydrogens is 344 g/mol. The first kappa shape index (κ1) is 20.3. The van der Waals surface area contributed by atoms with Gasteiger partial charge in [-0.1, -0.05) is 65.3 Å². The van der Waals surface area contributed by atoms with Gasteiger partial charge in [0.25, 0.3) is 0 Å². The minimum absolute atomic E-state index is 0.0196. The molecule has 26 heavy (non-hydrogen) atoms. The molecule has 0 atom stereocenters. The predicted molar refractivity (Wildman–Crippen MR) is 113 cm³/mol. The van der Waals surface area contributed by atoms with Gasteiger partial charge in [-0.15, -0.1) is 0 Å². The molecule has 0 saturated heterocycles. The van der Waals surface area contributed by atoms with Gasteiger partial charge in [0.2, 0.25) is 0 Å². The zero-order valence-corrected chi connectivity index (χ0v) is 17.5. The Bertz CT molecular complexity index is 827. The van der Waals surface area contributed by atoms with E-state index >= 15 is 0 Å². The molecule has 0 unspecified atom stereocenters. The van der Waals surface area contributed by atoms with Crippen LogP contribution in [0.2, 0.25) is 5.02 Å². The van der Waals surface area contributed by atoms with E-state index in [4.69, 9.17) is 11.6 Å². The predicted octanol–water partition coefficient (Wildman–Crippen LogP) is 6.40. The van der Waals surface area contributed by atoms with Gasteiger partial charge in [-0.05, 0) is 47.1 Å². The van der Waals surface area contributed by atoms with E-state index in [1.807, 2.05) is 31.2 Å². The first-order valence-electron chi connectivity index (χ1n) is 8.83. The first-order chi connectivity index (χ1) is 11.9. The summed E-state index contributed by atoms with van der Waals surface area (Å²) in [4.78, 5) is 0. The number of nitrogens with zero attached hydrogens (tertiary/aromatic N) is 1. The van der Waals surface area contributed by atoms with E-state index in [-0.39, 0.29) is 16.6 Å². The molecular formula is C22H29ClN2O. The van der Waals surface area contributed by atoms with Crippen molar-refractivity contribution in [3.8, 4) is 5.75 Å². The molecule has 140 valence electrons. The molecule has 0 aliphatic heterocycles. The Morgan fingerprint density at radius 3 is 2.19 bits per heavy atom. The molecule has 0 amide bonds. The van der Waals surface area contributed by atoms with Crippen molar-refractivity contribution >= 4 is 23.5 Å². The van der Waals surface area contributed by atoms with Gasteiger partial charge < -0.3 is 5.11 Å². The van der Waals surface area contributed by atoms with Crippen LogP contribution in [0.25, 0.3) is 0 Å². The van der Waals surface area contributed by atoms with Crippen LogP contribution >= 0.6 is 11.6 Å². The summed E-state index contributed by atoms with van der Waals surface area (Å²) >= 11 is 6.15. The summed E-state index contributed by atoms with van der Waals surface area (Å²) in [5.41, 5.74) is 7.41. The average molecular weight is 373 g/mol. The number of aryl methyl sites for hydroxylation is 1. The zero-order chi connectivity index (χ0) is 19.7. The molecule has 2 aromatic carbocycles. The Labute approximate surface area is 162 Å². The number of hydrogen-bond donors (Lipinski definition) is 2. The van der Waals surface area contributed by atoms with Crippen molar-refractivity contribution < 1.29 is 5.11 Å². The fourth-order valence-electron chi connectivity index (χ4n) is 2.60. The fraction of sp³-hybridized carbons (Fsp3) is 0.409. The van der Waals surface area contributed by atoms with Crippen molar-refractivity contribution in [1.82, 2.24) is 0 Å². The molecule has 0 spiro atoms. The maximum Gasteiger partial charge on any atom is 0.128 e. The van der Waals surface area contributed by atoms with Crippen molar-refractivity contribution in [2.75, 3.05) is 5.43 Å². The van der Waals surface area contributed by atoms with Gasteiger partial charge in [0.1, 0.15) is 5.75 Å². The topological polar surface area (TPSA) is 44.6 Å². The third-order valence-corrected chi connectivity index (χ3v) is 4.79. The normalized spacial score (nSPS) is 12.6. The van der Waals surface area contributed by atoms with Gasteiger partial charge in [-0.25, -0.2) is 0 Å². The summed E-state index contributed by atoms with van der Waals surface area (Å²) in [6.07, 6.45) is 1.66. The highest BCUT2D eigenvalue weighted by atomic mass is 35.5. The number of benzene rings is 2. The van der Waals surface area contributed by atoms with E-state index in [2.05, 4.69) is 58.1 Å². The third-order valence-electron chi connectivity index (χ3n) is 4.38. The number of hydrazone groups is 1. The van der Waals surface area contributed by atoms with Crippen molar-refractivity contribution in [2.45, 2.75) is 59.3 Å². The number of hydrogen-bond acceptors (Lipinski definition) is 3. The second kappa shape index (κ2) is 7.32. The van der Waals surface area contributed by atoms with Gasteiger partial charge in [0, 0.05) is 16.1 Å². The van der Waals surface area contributed by atoms with E-state index < -0.39 is 0 Å². The Hall–Kier alpha value is -2.00. The average Bonchev–Trinajstić information content (AvgIpc) is 2.50. The van der Waals surface area contributed by atoms with Crippen molar-refractivity contribution in [3.63, 3.8) is 0 Å². The zero-order valence-electron chi connectivity index (χ0n) is 16.7. The minimum Gasteiger partial charge on any atom is -0.507 e. The lowest BCUT2D eigenvalue weighted by atomic mass is 9.79. The Balaban J connectivity index is 2.39. The highest BCUT2D eigenvalue weighted by molar-refractivity contribution is 6.31. The van der Waals surface area contributed by atoms with Crippen LogP contribution in [0.4, 0.5) is 5.69 Å². The van der Waals surface area contributed by atoms with E-state index in [0.29, 0.717) is 10.6 Å². The molecule has 2 aromatic rings. The van der Waals surface area contributed by atoms with E-state index in [0.717, 1.165) is 16.8 Å². The highest BCUT2D eigenvalue weighted by Crippen LogP contribution is 2.37. The van der Waals surface area contributed by atoms with Crippen molar-refractivity contribution in [2.24, 2.45) is 5.10 Å². The minimum atomic E-state index is -0.161. The summed E-state index contributed by atoms with van der Waals surface area (Å²) in [7, 11) is 0. The number of aromatic hydroxyl groups is 1. The number of halogens is 1. The molecule has 3 nitrogen and oxygen atoms in total. The van der Waals surface area contributed by atoms with Crippen LogP contribution in [0.15, 0.2) is 35.4 Å². The molecule has 0 saturated carbocycles. The van der Waals surface area contributed by atoms with Crippen molar-refractivity contribution in [3.05, 3.63) is 57.6 Å². The molecule has 0 fully saturated rings. The number of nitrogens with one attached hydrogen (secondary N) is 1. The number of anilines is 1. The van der Waals surface area contributed by atoms with Crippen molar-refractivity contribution in [1.29, 1.82) is 0 Å². The largest absolute Gasteiger partial charge is 0.507 e. The Morgan fingerprint density at radius 1 is 1.00 bits per heavy atom. The standard InChI is InChI=1S/C22H29ClN2O/c1-14-8-9-17(12-19(14)23)25-24-13-15-10-16(21(2,3)4)11-18(20(15)26)22(5,6)7/h8-13,25-26H,1-7H3. The van der Waals surface area contributed by atoms with Gasteiger partial charge in [-0.3, -0.25) is 5.43 Å². The van der Waals surface area contributed by atoms with Crippen LogP contribution in [-0.2, 0) is 10.8 Å². The number of phenols is 1. The van der Waals surface area contributed by atoms with E-state index in [1.165, 1.54) is 5.56 Å². The lowest BCUT2D eigenvalue weighted by Gasteiger charge is -2.26. The molecule has 0 heterocycles. The summed E-state index contributed by atoms with van der Waals surface area (Å²) in [5.74, 6) is 0.276. The van der Waals surface area contributed by atoms with Crippen LogP contribution < -0.4 is 5.43 Å². The van der Waals surface area contributed by atoms with Gasteiger partial charge in [0.05, 0.1) is 11.9 Å². The van der Waals surface area contributed by atoms with Crippen LogP contribution in [-0.4, -0.2) is 11.3 Å². The SMILES string of the molecule is Cc1ccc(NN=Cc2cc(C(C)(C)C)cc(C(C)(C)C)c2O)cc1Cl. The lowest BCUT2D eigenvalue weighted by Crippen LogP contribution is -2.17. The summed E-state index contributed by atoms with van der Waals surface area (Å²) in [6.45, 7) is 14.8. The Kier molecular flexibility index (Phi) is 5.72. The number of phenolic OH excluding ortho intramolecular Hbond substituents is 1. The summed E-state index contributed by atoms with van der Waals surface area (Å²) < 4.78 is 0. The maximum atomic E-state index is 10.8. The molecule has 0 aliphatic rings. The van der Waals surface area contributed by atoms with Gasteiger partial charge in [-0.2, -0.15) is 5.10 Å². The molecule has 0 aliphatic carbocycles. The third kappa shape index (κ3) is 4.79. The van der Waals surface area contributed by atoms with Crippen LogP contribution in [0.3, 0.4) is 0 Å². The van der Waals surface area contributed by atoms with Crippen LogP contribution in [0.1, 0.15) is 63.8 Å². The molecule has 2 rings (SSSR count). The second-order valence-corrected chi connectivity index (χ2v) is 9.20. The smallest absolute Gasteiger partial charge is 0.128 e. The molecule has 0 radical (unpaired) electrons. The van der Waals surface area contributed by atoms with Crippen LogP contribution in [0.5, 0.6) is 5.75 Å². The fourth-order valence-corrected chi connectivity index (χ4v) is 2.78. The molecule has 0 bridgehead atoms. The summed E-state index contributed by atoms with van der Waals surface area (Å²) in [6, 6.07) is 9.79. The quantitative estimate of drug-likeness (QED) is 0.484. The first-order valence-corrected chi connectivity index (χ1v) is 9.20. The maximum absolute atomic E-state index is 10.8.